The number of benzene rings is 1. The van der Waals surface area contributed by atoms with E-state index in [2.05, 4.69) is 9.97 Å². The van der Waals surface area contributed by atoms with E-state index in [1.54, 1.807) is 31.3 Å². The Hall–Kier alpha value is -3.47. The normalized spacial score (nSPS) is 11.8. The summed E-state index contributed by atoms with van der Waals surface area (Å²) in [5, 5.41) is 0. The first-order valence-corrected chi connectivity index (χ1v) is 11.5. The zero-order chi connectivity index (χ0) is 24.4. The summed E-state index contributed by atoms with van der Waals surface area (Å²) in [6.07, 6.45) is 0.347. The third kappa shape index (κ3) is 5.30. The molecule has 7 nitrogen and oxygen atoms in total. The van der Waals surface area contributed by atoms with Crippen LogP contribution in [-0.4, -0.2) is 44.2 Å². The number of hydrogen-bond donors (Lipinski definition) is 0. The molecule has 1 amide bonds. The van der Waals surface area contributed by atoms with Gasteiger partial charge in [-0.05, 0) is 43.3 Å². The SMILES string of the molecule is CCOc1ncccc1-c1ccncc1N(C)C(=O)c1cc(C(F)(F)F)cc(S(C)(=O)=O)c1. The molecule has 0 spiro atoms. The highest BCUT2D eigenvalue weighted by molar-refractivity contribution is 7.90. The minimum absolute atomic E-state index is 0.273. The van der Waals surface area contributed by atoms with Crippen molar-refractivity contribution < 1.29 is 31.1 Å². The number of carbonyl (C=O) groups excluding carboxylic acids is 1. The van der Waals surface area contributed by atoms with Gasteiger partial charge in [0.15, 0.2) is 9.84 Å². The van der Waals surface area contributed by atoms with Gasteiger partial charge in [-0.15, -0.1) is 0 Å². The molecule has 0 N–H and O–H groups in total. The zero-order valence-electron chi connectivity index (χ0n) is 17.9. The average Bonchev–Trinajstić information content (AvgIpc) is 2.77. The van der Waals surface area contributed by atoms with E-state index in [-0.39, 0.29) is 5.69 Å². The largest absolute Gasteiger partial charge is 0.478 e. The highest BCUT2D eigenvalue weighted by atomic mass is 32.2. The van der Waals surface area contributed by atoms with Gasteiger partial charge in [0.25, 0.3) is 5.91 Å². The zero-order valence-corrected chi connectivity index (χ0v) is 18.7. The van der Waals surface area contributed by atoms with Crippen LogP contribution in [0.3, 0.4) is 0 Å². The van der Waals surface area contributed by atoms with E-state index in [0.29, 0.717) is 35.7 Å². The van der Waals surface area contributed by atoms with Crippen molar-refractivity contribution in [1.82, 2.24) is 9.97 Å². The Kier molecular flexibility index (Phi) is 6.73. The molecule has 1 aromatic carbocycles. The first-order valence-electron chi connectivity index (χ1n) is 9.66. The molecule has 0 aliphatic heterocycles. The lowest BCUT2D eigenvalue weighted by molar-refractivity contribution is -0.137. The van der Waals surface area contributed by atoms with Crippen LogP contribution in [0.4, 0.5) is 18.9 Å². The van der Waals surface area contributed by atoms with Gasteiger partial charge in [0.05, 0.1) is 29.0 Å². The molecule has 0 saturated carbocycles. The maximum atomic E-state index is 13.4. The number of amides is 1. The molecule has 0 unspecified atom stereocenters. The summed E-state index contributed by atoms with van der Waals surface area (Å²) in [7, 11) is -2.64. The summed E-state index contributed by atoms with van der Waals surface area (Å²) in [5.41, 5.74) is -0.335. The summed E-state index contributed by atoms with van der Waals surface area (Å²) in [5.74, 6) is -0.533. The number of pyridine rings is 2. The van der Waals surface area contributed by atoms with Crippen molar-refractivity contribution in [3.8, 4) is 17.0 Å². The number of rotatable bonds is 6. The highest BCUT2D eigenvalue weighted by Crippen LogP contribution is 2.36. The number of sulfone groups is 1. The van der Waals surface area contributed by atoms with Gasteiger partial charge in [-0.1, -0.05) is 0 Å². The molecule has 2 aromatic heterocycles. The lowest BCUT2D eigenvalue weighted by Crippen LogP contribution is -2.27. The summed E-state index contributed by atoms with van der Waals surface area (Å²) in [4.78, 5) is 21.9. The maximum absolute atomic E-state index is 13.4. The highest BCUT2D eigenvalue weighted by Gasteiger charge is 2.33. The van der Waals surface area contributed by atoms with Crippen molar-refractivity contribution in [2.45, 2.75) is 18.0 Å². The first kappa shape index (κ1) is 24.2. The summed E-state index contributed by atoms with van der Waals surface area (Å²) < 4.78 is 69.6. The summed E-state index contributed by atoms with van der Waals surface area (Å²) >= 11 is 0. The third-order valence-corrected chi connectivity index (χ3v) is 5.81. The standard InChI is InChI=1S/C22H20F3N3O4S/c1-4-32-20-18(6-5-8-27-20)17-7-9-26-13-19(17)28(2)21(29)14-10-15(22(23,24)25)12-16(11-14)33(3,30)31/h5-13H,4H2,1-3H3. The van der Waals surface area contributed by atoms with E-state index >= 15 is 0 Å². The predicted octanol–water partition coefficient (Wildman–Crippen LogP) is 4.24. The molecule has 3 aromatic rings. The molecule has 0 bridgehead atoms. The molecule has 174 valence electrons. The maximum Gasteiger partial charge on any atom is 0.416 e. The lowest BCUT2D eigenvalue weighted by atomic mass is 10.0. The van der Waals surface area contributed by atoms with Crippen LogP contribution in [-0.2, 0) is 16.0 Å². The van der Waals surface area contributed by atoms with Crippen LogP contribution in [0.2, 0.25) is 0 Å². The Morgan fingerprint density at radius 1 is 1.12 bits per heavy atom. The minimum Gasteiger partial charge on any atom is -0.478 e. The van der Waals surface area contributed by atoms with Gasteiger partial charge in [0.1, 0.15) is 0 Å². The number of ether oxygens (including phenoxy) is 1. The molecule has 0 radical (unpaired) electrons. The second kappa shape index (κ2) is 9.18. The van der Waals surface area contributed by atoms with Crippen LogP contribution in [0.1, 0.15) is 22.8 Å². The van der Waals surface area contributed by atoms with Crippen LogP contribution < -0.4 is 9.64 Å². The Morgan fingerprint density at radius 3 is 2.48 bits per heavy atom. The fourth-order valence-electron chi connectivity index (χ4n) is 3.13. The number of nitrogens with zero attached hydrogens (tertiary/aromatic N) is 3. The number of hydrogen-bond acceptors (Lipinski definition) is 6. The number of anilines is 1. The van der Waals surface area contributed by atoms with Gasteiger partial charge in [-0.25, -0.2) is 13.4 Å². The molecule has 0 atom stereocenters. The monoisotopic (exact) mass is 479 g/mol. The van der Waals surface area contributed by atoms with Gasteiger partial charge in [0, 0.05) is 42.4 Å². The van der Waals surface area contributed by atoms with Crippen LogP contribution in [0.5, 0.6) is 5.88 Å². The fraction of sp³-hybridized carbons (Fsp3) is 0.227. The fourth-order valence-corrected chi connectivity index (χ4v) is 3.81. The van der Waals surface area contributed by atoms with E-state index in [9.17, 15) is 26.4 Å². The van der Waals surface area contributed by atoms with Crippen LogP contribution >= 0.6 is 0 Å². The number of halogens is 3. The molecular formula is C22H20F3N3O4S. The van der Waals surface area contributed by atoms with Crippen LogP contribution in [0, 0.1) is 0 Å². The molecule has 0 fully saturated rings. The molecular weight excluding hydrogens is 459 g/mol. The molecule has 0 aliphatic carbocycles. The van der Waals surface area contributed by atoms with E-state index < -0.39 is 37.9 Å². The lowest BCUT2D eigenvalue weighted by Gasteiger charge is -2.22. The summed E-state index contributed by atoms with van der Waals surface area (Å²) in [6, 6.07) is 7.07. The molecule has 11 heteroatoms. The number of carbonyl (C=O) groups is 1. The van der Waals surface area contributed by atoms with E-state index in [0.717, 1.165) is 17.2 Å². The van der Waals surface area contributed by atoms with Gasteiger partial charge in [-0.2, -0.15) is 13.2 Å². The smallest absolute Gasteiger partial charge is 0.416 e. The second-order valence-electron chi connectivity index (χ2n) is 7.06. The Bertz CT molecular complexity index is 1290. The Balaban J connectivity index is 2.12. The van der Waals surface area contributed by atoms with E-state index in [4.69, 9.17) is 4.74 Å². The molecule has 0 aliphatic rings. The van der Waals surface area contributed by atoms with E-state index in [1.807, 2.05) is 0 Å². The molecule has 33 heavy (non-hydrogen) atoms. The Labute approximate surface area is 188 Å². The van der Waals surface area contributed by atoms with Crippen molar-refractivity contribution in [2.75, 3.05) is 24.8 Å². The van der Waals surface area contributed by atoms with Crippen molar-refractivity contribution >= 4 is 21.4 Å². The summed E-state index contributed by atoms with van der Waals surface area (Å²) in [6.45, 7) is 2.13. The topological polar surface area (TPSA) is 89.5 Å². The quantitative estimate of drug-likeness (QED) is 0.525. The number of aromatic nitrogens is 2. The predicted molar refractivity (Wildman–Crippen MR) is 116 cm³/mol. The van der Waals surface area contributed by atoms with Crippen LogP contribution in [0.25, 0.3) is 11.1 Å². The average molecular weight is 479 g/mol. The van der Waals surface area contributed by atoms with Gasteiger partial charge < -0.3 is 9.64 Å². The second-order valence-corrected chi connectivity index (χ2v) is 9.08. The van der Waals surface area contributed by atoms with Crippen molar-refractivity contribution in [3.63, 3.8) is 0 Å². The van der Waals surface area contributed by atoms with E-state index in [1.165, 1.54) is 19.4 Å². The third-order valence-electron chi connectivity index (χ3n) is 4.72. The molecule has 0 saturated heterocycles. The van der Waals surface area contributed by atoms with Gasteiger partial charge in [0.2, 0.25) is 5.88 Å². The first-order chi connectivity index (χ1) is 15.4. The minimum atomic E-state index is -4.84. The van der Waals surface area contributed by atoms with Gasteiger partial charge in [-0.3, -0.25) is 9.78 Å². The number of alkyl halides is 3. The Morgan fingerprint density at radius 2 is 1.85 bits per heavy atom. The van der Waals surface area contributed by atoms with Crippen LogP contribution in [0.15, 0.2) is 59.9 Å². The van der Waals surface area contributed by atoms with Gasteiger partial charge >= 0.3 is 6.18 Å². The van der Waals surface area contributed by atoms with Crippen molar-refractivity contribution in [1.29, 1.82) is 0 Å². The van der Waals surface area contributed by atoms with Crippen molar-refractivity contribution in [2.24, 2.45) is 0 Å². The molecule has 2 heterocycles. The molecule has 3 rings (SSSR count). The van der Waals surface area contributed by atoms with Crippen molar-refractivity contribution in [3.05, 3.63) is 66.1 Å².